The molecule has 4 heteroatoms. The van der Waals surface area contributed by atoms with Crippen LogP contribution in [0.5, 0.6) is 0 Å². The fourth-order valence-electron chi connectivity index (χ4n) is 2.68. The van der Waals surface area contributed by atoms with E-state index in [1.54, 1.807) is 0 Å². The van der Waals surface area contributed by atoms with Crippen LogP contribution >= 0.6 is 0 Å². The topological polar surface area (TPSA) is 31.4 Å². The molecule has 1 saturated heterocycles. The maximum Gasteiger partial charge on any atom is 0.0544 e. The second kappa shape index (κ2) is 6.86. The second-order valence-electron chi connectivity index (χ2n) is 7.14. The van der Waals surface area contributed by atoms with Gasteiger partial charge in [0.1, 0.15) is 0 Å². The van der Waals surface area contributed by atoms with E-state index < -0.39 is 0 Å². The minimum Gasteiger partial charge on any atom is -0.310 e. The molecule has 0 spiro atoms. The van der Waals surface area contributed by atoms with Crippen molar-refractivity contribution in [3.05, 3.63) is 29.6 Å². The first kappa shape index (κ1) is 16.4. The van der Waals surface area contributed by atoms with Gasteiger partial charge in [-0.2, -0.15) is 0 Å². The van der Waals surface area contributed by atoms with Crippen LogP contribution in [0.3, 0.4) is 0 Å². The number of piperazine rings is 1. The average Bonchev–Trinajstić information content (AvgIpc) is 2.42. The molecule has 1 aliphatic rings. The Balaban J connectivity index is 1.89. The number of nitrogens with zero attached hydrogens (tertiary/aromatic N) is 3. The highest BCUT2D eigenvalue weighted by Gasteiger charge is 2.30. The second-order valence-corrected chi connectivity index (χ2v) is 7.14. The number of hydrogen-bond donors (Lipinski definition) is 1. The van der Waals surface area contributed by atoms with E-state index in [-0.39, 0.29) is 5.54 Å². The molecule has 21 heavy (non-hydrogen) atoms. The van der Waals surface area contributed by atoms with Crippen LogP contribution in [0.15, 0.2) is 18.3 Å². The molecule has 0 atom stereocenters. The molecule has 2 rings (SSSR count). The van der Waals surface area contributed by atoms with Crippen molar-refractivity contribution in [3.8, 4) is 0 Å². The third-order valence-electron chi connectivity index (χ3n) is 4.38. The largest absolute Gasteiger partial charge is 0.310 e. The van der Waals surface area contributed by atoms with E-state index in [4.69, 9.17) is 0 Å². The first-order chi connectivity index (χ1) is 9.87. The van der Waals surface area contributed by atoms with Crippen molar-refractivity contribution in [2.24, 2.45) is 0 Å². The molecule has 0 radical (unpaired) electrons. The van der Waals surface area contributed by atoms with Gasteiger partial charge in [0.05, 0.1) is 5.69 Å². The highest BCUT2D eigenvalue weighted by molar-refractivity contribution is 5.14. The highest BCUT2D eigenvalue weighted by Crippen LogP contribution is 2.20. The summed E-state index contributed by atoms with van der Waals surface area (Å²) in [5.41, 5.74) is 2.68. The Kier molecular flexibility index (Phi) is 5.36. The molecular formula is C17H30N4. The van der Waals surface area contributed by atoms with Crippen molar-refractivity contribution in [1.29, 1.82) is 0 Å². The summed E-state index contributed by atoms with van der Waals surface area (Å²) in [5.74, 6) is 0. The van der Waals surface area contributed by atoms with E-state index in [2.05, 4.69) is 67.0 Å². The third kappa shape index (κ3) is 4.77. The first-order valence-electron chi connectivity index (χ1n) is 7.97. The maximum atomic E-state index is 4.62. The van der Waals surface area contributed by atoms with Gasteiger partial charge in [-0.3, -0.25) is 14.8 Å². The van der Waals surface area contributed by atoms with Crippen LogP contribution in [-0.4, -0.2) is 53.0 Å². The zero-order valence-corrected chi connectivity index (χ0v) is 14.2. The van der Waals surface area contributed by atoms with E-state index in [0.717, 1.165) is 32.7 Å². The molecule has 0 amide bonds. The zero-order chi connectivity index (χ0) is 15.5. The Morgan fingerprint density at radius 1 is 1.29 bits per heavy atom. The molecule has 0 aromatic carbocycles. The van der Waals surface area contributed by atoms with Gasteiger partial charge < -0.3 is 5.32 Å². The van der Waals surface area contributed by atoms with Crippen molar-refractivity contribution in [1.82, 2.24) is 20.1 Å². The Morgan fingerprint density at radius 3 is 2.62 bits per heavy atom. The molecule has 2 heterocycles. The molecule has 4 nitrogen and oxygen atoms in total. The Morgan fingerprint density at radius 2 is 2.05 bits per heavy atom. The summed E-state index contributed by atoms with van der Waals surface area (Å²) in [6, 6.07) is 4.87. The predicted octanol–water partition coefficient (Wildman–Crippen LogP) is 2.11. The summed E-state index contributed by atoms with van der Waals surface area (Å²) in [5, 5.41) is 3.42. The van der Waals surface area contributed by atoms with Gasteiger partial charge >= 0.3 is 0 Å². The van der Waals surface area contributed by atoms with Crippen LogP contribution in [0.2, 0.25) is 0 Å². The molecular weight excluding hydrogens is 260 g/mol. The van der Waals surface area contributed by atoms with Gasteiger partial charge in [0.15, 0.2) is 0 Å². The fraction of sp³-hybridized carbons (Fsp3) is 0.706. The average molecular weight is 290 g/mol. The summed E-state index contributed by atoms with van der Waals surface area (Å²) in [4.78, 5) is 9.57. The van der Waals surface area contributed by atoms with Crippen LogP contribution in [0, 0.1) is 0 Å². The standard InChI is InChI=1S/C17H30N4/c1-14(2)18-10-15-6-7-16(19-11-15)12-21-9-8-20(5)17(3,4)13-21/h6-7,11,14,18H,8-10,12-13H2,1-5H3. The Labute approximate surface area is 129 Å². The lowest BCUT2D eigenvalue weighted by atomic mass is 9.99. The number of rotatable bonds is 5. The van der Waals surface area contributed by atoms with Crippen molar-refractivity contribution < 1.29 is 0 Å². The third-order valence-corrected chi connectivity index (χ3v) is 4.38. The summed E-state index contributed by atoms with van der Waals surface area (Å²) < 4.78 is 0. The zero-order valence-electron chi connectivity index (χ0n) is 14.2. The Hall–Kier alpha value is -0.970. The van der Waals surface area contributed by atoms with Gasteiger partial charge in [-0.15, -0.1) is 0 Å². The molecule has 0 saturated carbocycles. The molecule has 1 aliphatic heterocycles. The molecule has 1 aromatic rings. The lowest BCUT2D eigenvalue weighted by molar-refractivity contribution is 0.0354. The van der Waals surface area contributed by atoms with Gasteiger partial charge in [0.25, 0.3) is 0 Å². The molecule has 118 valence electrons. The van der Waals surface area contributed by atoms with E-state index in [1.807, 2.05) is 6.20 Å². The highest BCUT2D eigenvalue weighted by atomic mass is 15.3. The minimum absolute atomic E-state index is 0.249. The molecule has 0 aliphatic carbocycles. The quantitative estimate of drug-likeness (QED) is 0.900. The summed E-state index contributed by atoms with van der Waals surface area (Å²) in [7, 11) is 2.21. The summed E-state index contributed by atoms with van der Waals surface area (Å²) in [6.45, 7) is 14.2. The van der Waals surface area contributed by atoms with Crippen LogP contribution in [-0.2, 0) is 13.1 Å². The van der Waals surface area contributed by atoms with E-state index >= 15 is 0 Å². The van der Waals surface area contributed by atoms with Crippen molar-refractivity contribution >= 4 is 0 Å². The molecule has 1 aromatic heterocycles. The van der Waals surface area contributed by atoms with Gasteiger partial charge in [-0.1, -0.05) is 19.9 Å². The molecule has 1 N–H and O–H groups in total. The van der Waals surface area contributed by atoms with Gasteiger partial charge in [-0.25, -0.2) is 0 Å². The van der Waals surface area contributed by atoms with Gasteiger partial charge in [0, 0.05) is 50.5 Å². The van der Waals surface area contributed by atoms with Crippen LogP contribution in [0.4, 0.5) is 0 Å². The number of aromatic nitrogens is 1. The van der Waals surface area contributed by atoms with Crippen molar-refractivity contribution in [2.75, 3.05) is 26.7 Å². The number of hydrogen-bond acceptors (Lipinski definition) is 4. The first-order valence-corrected chi connectivity index (χ1v) is 7.97. The van der Waals surface area contributed by atoms with Gasteiger partial charge in [-0.05, 0) is 32.5 Å². The van der Waals surface area contributed by atoms with Crippen LogP contribution in [0.1, 0.15) is 39.0 Å². The molecule has 1 fully saturated rings. The number of likely N-dealkylation sites (N-methyl/N-ethyl adjacent to an activating group) is 1. The van der Waals surface area contributed by atoms with Crippen molar-refractivity contribution in [2.45, 2.75) is 52.4 Å². The van der Waals surface area contributed by atoms with Crippen LogP contribution in [0.25, 0.3) is 0 Å². The molecule has 0 bridgehead atoms. The fourth-order valence-corrected chi connectivity index (χ4v) is 2.68. The lowest BCUT2D eigenvalue weighted by Crippen LogP contribution is -2.57. The van der Waals surface area contributed by atoms with E-state index in [9.17, 15) is 0 Å². The lowest BCUT2D eigenvalue weighted by Gasteiger charge is -2.45. The SMILES string of the molecule is CC(C)NCc1ccc(CN2CCN(C)C(C)(C)C2)nc1. The predicted molar refractivity (Wildman–Crippen MR) is 88.2 cm³/mol. The monoisotopic (exact) mass is 290 g/mol. The van der Waals surface area contributed by atoms with Crippen LogP contribution < -0.4 is 5.32 Å². The smallest absolute Gasteiger partial charge is 0.0544 e. The maximum absolute atomic E-state index is 4.62. The number of pyridine rings is 1. The Bertz CT molecular complexity index is 439. The van der Waals surface area contributed by atoms with E-state index in [1.165, 1.54) is 11.3 Å². The summed E-state index contributed by atoms with van der Waals surface area (Å²) >= 11 is 0. The number of nitrogens with one attached hydrogen (secondary N) is 1. The van der Waals surface area contributed by atoms with E-state index in [0.29, 0.717) is 6.04 Å². The molecule has 0 unspecified atom stereocenters. The normalized spacial score (nSPS) is 20.1. The summed E-state index contributed by atoms with van der Waals surface area (Å²) in [6.07, 6.45) is 2.01. The minimum atomic E-state index is 0.249. The van der Waals surface area contributed by atoms with Crippen molar-refractivity contribution in [3.63, 3.8) is 0 Å². The van der Waals surface area contributed by atoms with Gasteiger partial charge in [0.2, 0.25) is 0 Å².